The van der Waals surface area contributed by atoms with E-state index in [-0.39, 0.29) is 33.4 Å². The Balaban J connectivity index is 0.744. The number of benzene rings is 2. The molecule has 1 aliphatic heterocycles. The SMILES string of the molecule is CC(C)(C)C(=O)Nc1ccc2c(c1)C(=O)C(=O)c1ccc(NCCCCCCCC(=O)NCCN3CCC(C(=O)Nc4nc5ncc(NS(=O)(=O)c6cccs6)cc5s4)CC3)cc1-2. The molecule has 0 unspecified atom stereocenters. The summed E-state index contributed by atoms with van der Waals surface area (Å²) in [6.45, 7) is 8.94. The summed E-state index contributed by atoms with van der Waals surface area (Å²) in [6.07, 6.45) is 8.02. The third-order valence-corrected chi connectivity index (χ3v) is 14.8. The van der Waals surface area contributed by atoms with Crippen LogP contribution >= 0.6 is 22.7 Å². The lowest BCUT2D eigenvalue weighted by atomic mass is 9.83. The number of ketones is 2. The summed E-state index contributed by atoms with van der Waals surface area (Å²) in [5.41, 5.74) is 3.48. The minimum Gasteiger partial charge on any atom is -0.385 e. The number of unbranched alkanes of at least 4 members (excludes halogenated alkanes) is 4. The van der Waals surface area contributed by atoms with Crippen molar-refractivity contribution in [2.75, 3.05) is 53.4 Å². The number of carbonyl (C=O) groups is 5. The number of pyridine rings is 1. The van der Waals surface area contributed by atoms with Gasteiger partial charge in [0.15, 0.2) is 10.8 Å². The molecule has 2 aromatic carbocycles. The highest BCUT2D eigenvalue weighted by molar-refractivity contribution is 7.94. The molecule has 5 N–H and O–H groups in total. The largest absolute Gasteiger partial charge is 0.385 e. The van der Waals surface area contributed by atoms with E-state index in [1.165, 1.54) is 23.6 Å². The molecule has 3 amide bonds. The molecule has 63 heavy (non-hydrogen) atoms. The van der Waals surface area contributed by atoms with Gasteiger partial charge < -0.3 is 26.2 Å². The molecule has 4 heterocycles. The Bertz CT molecular complexity index is 2610. The van der Waals surface area contributed by atoms with Gasteiger partial charge in [0.1, 0.15) is 4.21 Å². The van der Waals surface area contributed by atoms with Crippen molar-refractivity contribution < 1.29 is 32.4 Å². The zero-order valence-electron chi connectivity index (χ0n) is 35.5. The Morgan fingerprint density at radius 3 is 2.29 bits per heavy atom. The molecular formula is C45H52N8O7S3. The molecule has 0 atom stereocenters. The number of aromatic nitrogens is 2. The summed E-state index contributed by atoms with van der Waals surface area (Å²) in [6, 6.07) is 15.4. The maximum absolute atomic E-state index is 13.1. The Kier molecular flexibility index (Phi) is 14.3. The van der Waals surface area contributed by atoms with E-state index in [1.54, 1.807) is 62.5 Å². The highest BCUT2D eigenvalue weighted by Crippen LogP contribution is 2.37. The van der Waals surface area contributed by atoms with Crippen molar-refractivity contribution in [1.29, 1.82) is 0 Å². The van der Waals surface area contributed by atoms with Gasteiger partial charge in [0.2, 0.25) is 29.3 Å². The van der Waals surface area contributed by atoms with E-state index < -0.39 is 27.0 Å². The fourth-order valence-corrected chi connectivity index (χ4v) is 10.4. The second-order valence-electron chi connectivity index (χ2n) is 16.9. The van der Waals surface area contributed by atoms with Crippen LogP contribution < -0.4 is 26.0 Å². The van der Waals surface area contributed by atoms with Gasteiger partial charge in [-0.3, -0.25) is 28.7 Å². The first kappa shape index (κ1) is 45.5. The van der Waals surface area contributed by atoms with E-state index in [2.05, 4.69) is 40.9 Å². The third kappa shape index (κ3) is 11.5. The van der Waals surface area contributed by atoms with E-state index >= 15 is 0 Å². The molecule has 0 spiro atoms. The van der Waals surface area contributed by atoms with Crippen LogP contribution in [0.25, 0.3) is 21.5 Å². The third-order valence-electron chi connectivity index (χ3n) is 11.1. The van der Waals surface area contributed by atoms with Gasteiger partial charge in [0.05, 0.1) is 16.6 Å². The van der Waals surface area contributed by atoms with Gasteiger partial charge in [-0.1, -0.05) is 63.5 Å². The summed E-state index contributed by atoms with van der Waals surface area (Å²) < 4.78 is 28.6. The smallest absolute Gasteiger partial charge is 0.271 e. The molecule has 332 valence electrons. The minimum atomic E-state index is -3.71. The normalized spacial score (nSPS) is 14.5. The second kappa shape index (κ2) is 19.9. The number of piperidine rings is 1. The van der Waals surface area contributed by atoms with E-state index in [4.69, 9.17) is 0 Å². The lowest BCUT2D eigenvalue weighted by Crippen LogP contribution is -2.41. The number of sulfonamides is 1. The van der Waals surface area contributed by atoms with Crippen LogP contribution in [-0.4, -0.2) is 85.3 Å². The van der Waals surface area contributed by atoms with E-state index in [0.717, 1.165) is 75.3 Å². The number of amides is 3. The molecule has 15 nitrogen and oxygen atoms in total. The maximum atomic E-state index is 13.1. The first-order valence-electron chi connectivity index (χ1n) is 21.2. The average Bonchev–Trinajstić information content (AvgIpc) is 3.95. The molecule has 1 aliphatic carbocycles. The van der Waals surface area contributed by atoms with Crippen molar-refractivity contribution in [3.63, 3.8) is 0 Å². The number of thiazole rings is 1. The number of rotatable bonds is 18. The molecule has 1 fully saturated rings. The van der Waals surface area contributed by atoms with Gasteiger partial charge in [-0.25, -0.2) is 13.4 Å². The molecule has 7 rings (SSSR count). The molecule has 0 radical (unpaired) electrons. The number of fused-ring (bicyclic) bond motifs is 4. The predicted octanol–water partition coefficient (Wildman–Crippen LogP) is 7.80. The number of likely N-dealkylation sites (tertiary alicyclic amines) is 1. The highest BCUT2D eigenvalue weighted by atomic mass is 32.2. The Labute approximate surface area is 374 Å². The molecule has 5 aromatic rings. The van der Waals surface area contributed by atoms with Gasteiger partial charge in [-0.2, -0.15) is 4.98 Å². The van der Waals surface area contributed by atoms with Crippen molar-refractivity contribution in [2.45, 2.75) is 76.3 Å². The van der Waals surface area contributed by atoms with Gasteiger partial charge in [-0.05, 0) is 97.7 Å². The minimum absolute atomic E-state index is 0.0448. The van der Waals surface area contributed by atoms with Crippen LogP contribution in [0.4, 0.5) is 22.2 Å². The van der Waals surface area contributed by atoms with Crippen molar-refractivity contribution in [2.24, 2.45) is 11.3 Å². The topological polar surface area (TPSA) is 209 Å². The number of nitrogens with one attached hydrogen (secondary N) is 5. The van der Waals surface area contributed by atoms with Crippen LogP contribution in [0.15, 0.2) is 70.4 Å². The molecule has 2 aliphatic rings. The number of carbonyl (C=O) groups excluding carboxylic acids is 5. The van der Waals surface area contributed by atoms with E-state index in [0.29, 0.717) is 69.4 Å². The number of nitrogens with zero attached hydrogens (tertiary/aromatic N) is 3. The lowest BCUT2D eigenvalue weighted by molar-refractivity contribution is -0.123. The van der Waals surface area contributed by atoms with Crippen LogP contribution in [0.5, 0.6) is 0 Å². The summed E-state index contributed by atoms with van der Waals surface area (Å²) in [5.74, 6) is -1.54. The Hall–Kier alpha value is -5.56. The van der Waals surface area contributed by atoms with Crippen molar-refractivity contribution in [3.8, 4) is 11.1 Å². The van der Waals surface area contributed by atoms with Crippen molar-refractivity contribution in [1.82, 2.24) is 20.2 Å². The van der Waals surface area contributed by atoms with E-state index in [9.17, 15) is 32.4 Å². The Morgan fingerprint density at radius 2 is 1.52 bits per heavy atom. The van der Waals surface area contributed by atoms with Crippen LogP contribution in [0.2, 0.25) is 0 Å². The van der Waals surface area contributed by atoms with Gasteiger partial charge in [0, 0.05) is 59.9 Å². The van der Waals surface area contributed by atoms with E-state index in [1.807, 2.05) is 12.1 Å². The Morgan fingerprint density at radius 1 is 0.810 bits per heavy atom. The van der Waals surface area contributed by atoms with Gasteiger partial charge in [0.25, 0.3) is 10.0 Å². The summed E-state index contributed by atoms with van der Waals surface area (Å²) in [5, 5.41) is 14.3. The fourth-order valence-electron chi connectivity index (χ4n) is 7.48. The molecule has 3 aromatic heterocycles. The number of hydrogen-bond acceptors (Lipinski definition) is 13. The number of thiophene rings is 1. The first-order valence-corrected chi connectivity index (χ1v) is 24.4. The molecular weight excluding hydrogens is 861 g/mol. The summed E-state index contributed by atoms with van der Waals surface area (Å²) in [4.78, 5) is 75.0. The van der Waals surface area contributed by atoms with Crippen LogP contribution in [-0.2, 0) is 24.4 Å². The van der Waals surface area contributed by atoms with Crippen molar-refractivity contribution >= 4 is 94.5 Å². The predicted molar refractivity (Wildman–Crippen MR) is 248 cm³/mol. The average molecular weight is 913 g/mol. The van der Waals surface area contributed by atoms with Crippen LogP contribution in [0.1, 0.15) is 92.9 Å². The number of Topliss-reactive ketones (excluding diaryl/α,β-unsaturated/α-hetero) is 2. The van der Waals surface area contributed by atoms with Gasteiger partial charge >= 0.3 is 0 Å². The zero-order chi connectivity index (χ0) is 44.7. The summed E-state index contributed by atoms with van der Waals surface area (Å²) >= 11 is 2.37. The van der Waals surface area contributed by atoms with Crippen molar-refractivity contribution in [3.05, 3.63) is 77.3 Å². The molecule has 0 bridgehead atoms. The molecule has 0 saturated carbocycles. The van der Waals surface area contributed by atoms with Crippen LogP contribution in [0, 0.1) is 11.3 Å². The number of hydrogen-bond donors (Lipinski definition) is 5. The highest BCUT2D eigenvalue weighted by Gasteiger charge is 2.32. The summed E-state index contributed by atoms with van der Waals surface area (Å²) in [7, 11) is -3.71. The number of anilines is 4. The quantitative estimate of drug-likeness (QED) is 0.0423. The standard InChI is InChI=1S/C45H52N8O7S3/c1-45(2,3)43(58)49-30-13-14-32-34-24-29(12-15-33(34)39(55)40(56)35(32)25-30)46-18-8-6-4-5-7-10-37(54)47-19-22-53-20-16-28(17-21-53)42(57)51-44-50-41-36(62-44)26-31(27-48-41)52-63(59,60)38-11-9-23-61-38/h9,11-15,23-28,46,52H,4-8,10,16-22H2,1-3H3,(H,47,54)(H,49,58)(H,48,50,51,57). The molecule has 18 heteroatoms. The zero-order valence-corrected chi connectivity index (χ0v) is 38.0. The maximum Gasteiger partial charge on any atom is 0.271 e. The molecule has 1 saturated heterocycles. The van der Waals surface area contributed by atoms with Crippen LogP contribution in [0.3, 0.4) is 0 Å². The monoisotopic (exact) mass is 912 g/mol. The van der Waals surface area contributed by atoms with Gasteiger partial charge in [-0.15, -0.1) is 11.3 Å². The lowest BCUT2D eigenvalue weighted by Gasteiger charge is -2.31. The fraction of sp³-hybridized carbons (Fsp3) is 0.400. The first-order chi connectivity index (χ1) is 30.1. The second-order valence-corrected chi connectivity index (χ2v) is 20.8.